The standard InChI is InChI=1S/C23H28N2O5/c1-2-29-20-5-3-4-17(12-20)14-25(10-11-26)15-19(27)16-30-21-7-8-22-18(13-21)6-9-23(28)24-22/h3-9,12-13,19,26-27H,2,10-11,14-16H2,1H3,(H,24,28). The number of pyridine rings is 1. The average Bonchev–Trinajstić information content (AvgIpc) is 2.73. The van der Waals surface area contributed by atoms with Crippen molar-refractivity contribution < 1.29 is 19.7 Å². The number of hydrogen-bond acceptors (Lipinski definition) is 6. The predicted molar refractivity (Wildman–Crippen MR) is 116 cm³/mol. The number of rotatable bonds is 11. The van der Waals surface area contributed by atoms with Gasteiger partial charge >= 0.3 is 0 Å². The minimum Gasteiger partial charge on any atom is -0.494 e. The maximum Gasteiger partial charge on any atom is 0.248 e. The Balaban J connectivity index is 1.57. The lowest BCUT2D eigenvalue weighted by Gasteiger charge is -2.24. The molecule has 0 fully saturated rings. The average molecular weight is 412 g/mol. The first-order valence-electron chi connectivity index (χ1n) is 10.1. The second kappa shape index (κ2) is 10.8. The fourth-order valence-electron chi connectivity index (χ4n) is 3.30. The maximum absolute atomic E-state index is 11.4. The summed E-state index contributed by atoms with van der Waals surface area (Å²) < 4.78 is 11.3. The molecule has 0 saturated heterocycles. The Morgan fingerprint density at radius 1 is 1.07 bits per heavy atom. The molecule has 0 aliphatic carbocycles. The fraction of sp³-hybridized carbons (Fsp3) is 0.348. The molecule has 7 nitrogen and oxygen atoms in total. The van der Waals surface area contributed by atoms with Crippen molar-refractivity contribution in [2.24, 2.45) is 0 Å². The van der Waals surface area contributed by atoms with Crippen LogP contribution in [0, 0.1) is 0 Å². The lowest BCUT2D eigenvalue weighted by atomic mass is 10.2. The first-order chi connectivity index (χ1) is 14.6. The number of hydrogen-bond donors (Lipinski definition) is 3. The van der Waals surface area contributed by atoms with E-state index in [0.717, 1.165) is 22.2 Å². The van der Waals surface area contributed by atoms with Crippen LogP contribution < -0.4 is 15.0 Å². The molecule has 0 aliphatic heterocycles. The van der Waals surface area contributed by atoms with Crippen molar-refractivity contribution in [2.45, 2.75) is 19.6 Å². The zero-order chi connectivity index (χ0) is 21.3. The largest absolute Gasteiger partial charge is 0.494 e. The number of aromatic nitrogens is 1. The van der Waals surface area contributed by atoms with Crippen LogP contribution in [0.15, 0.2) is 59.4 Å². The third-order valence-electron chi connectivity index (χ3n) is 4.64. The van der Waals surface area contributed by atoms with Crippen molar-refractivity contribution in [2.75, 3.05) is 32.9 Å². The van der Waals surface area contributed by atoms with Crippen molar-refractivity contribution in [1.29, 1.82) is 0 Å². The molecule has 0 spiro atoms. The summed E-state index contributed by atoms with van der Waals surface area (Å²) in [6, 6.07) is 16.4. The van der Waals surface area contributed by atoms with Crippen LogP contribution in [0.25, 0.3) is 10.9 Å². The Bertz CT molecular complexity index is 1000. The molecule has 0 aliphatic rings. The topological polar surface area (TPSA) is 95.0 Å². The minimum atomic E-state index is -0.724. The van der Waals surface area contributed by atoms with E-state index in [1.165, 1.54) is 6.07 Å². The first kappa shape index (κ1) is 21.8. The number of H-pyrrole nitrogens is 1. The van der Waals surface area contributed by atoms with Crippen molar-refractivity contribution in [3.8, 4) is 11.5 Å². The molecule has 0 bridgehead atoms. The molecule has 1 aromatic heterocycles. The molecule has 3 aromatic rings. The summed E-state index contributed by atoms with van der Waals surface area (Å²) in [6.45, 7) is 4.06. The highest BCUT2D eigenvalue weighted by molar-refractivity contribution is 5.79. The molecule has 1 heterocycles. The van der Waals surface area contributed by atoms with Crippen LogP contribution in [0.2, 0.25) is 0 Å². The monoisotopic (exact) mass is 412 g/mol. The summed E-state index contributed by atoms with van der Waals surface area (Å²) in [5.74, 6) is 1.42. The van der Waals surface area contributed by atoms with Gasteiger partial charge in [0.25, 0.3) is 0 Å². The number of ether oxygens (including phenoxy) is 2. The van der Waals surface area contributed by atoms with Crippen LogP contribution in [0.1, 0.15) is 12.5 Å². The summed E-state index contributed by atoms with van der Waals surface area (Å²) in [7, 11) is 0. The lowest BCUT2D eigenvalue weighted by molar-refractivity contribution is 0.0590. The number of aliphatic hydroxyl groups excluding tert-OH is 2. The second-order valence-electron chi connectivity index (χ2n) is 7.08. The highest BCUT2D eigenvalue weighted by Crippen LogP contribution is 2.19. The van der Waals surface area contributed by atoms with E-state index in [-0.39, 0.29) is 18.8 Å². The molecule has 0 amide bonds. The molecule has 2 aromatic carbocycles. The van der Waals surface area contributed by atoms with Gasteiger partial charge in [-0.1, -0.05) is 12.1 Å². The number of fused-ring (bicyclic) bond motifs is 1. The normalized spacial score (nSPS) is 12.3. The van der Waals surface area contributed by atoms with E-state index in [1.807, 2.05) is 42.2 Å². The van der Waals surface area contributed by atoms with E-state index in [2.05, 4.69) is 4.98 Å². The lowest BCUT2D eigenvalue weighted by Crippen LogP contribution is -2.37. The molecule has 7 heteroatoms. The Labute approximate surface area is 175 Å². The Morgan fingerprint density at radius 3 is 2.70 bits per heavy atom. The minimum absolute atomic E-state index is 0.00159. The molecule has 0 saturated carbocycles. The zero-order valence-electron chi connectivity index (χ0n) is 17.1. The summed E-state index contributed by atoms with van der Waals surface area (Å²) in [4.78, 5) is 16.1. The number of aromatic amines is 1. The van der Waals surface area contributed by atoms with Gasteiger partial charge in [0.05, 0.1) is 13.2 Å². The van der Waals surface area contributed by atoms with Gasteiger partial charge in [-0.3, -0.25) is 9.69 Å². The predicted octanol–water partition coefficient (Wildman–Crippen LogP) is 2.16. The van der Waals surface area contributed by atoms with Gasteiger partial charge in [-0.05, 0) is 48.9 Å². The van der Waals surface area contributed by atoms with E-state index >= 15 is 0 Å². The van der Waals surface area contributed by atoms with Crippen LogP contribution in [0.5, 0.6) is 11.5 Å². The highest BCUT2D eigenvalue weighted by Gasteiger charge is 2.13. The van der Waals surface area contributed by atoms with Crippen molar-refractivity contribution in [1.82, 2.24) is 9.88 Å². The quantitative estimate of drug-likeness (QED) is 0.447. The molecular formula is C23H28N2O5. The van der Waals surface area contributed by atoms with Crippen LogP contribution in [-0.2, 0) is 6.54 Å². The Morgan fingerprint density at radius 2 is 1.90 bits per heavy atom. The molecule has 3 N–H and O–H groups in total. The van der Waals surface area contributed by atoms with E-state index < -0.39 is 6.10 Å². The number of aliphatic hydroxyl groups is 2. The van der Waals surface area contributed by atoms with Crippen molar-refractivity contribution in [3.63, 3.8) is 0 Å². The Kier molecular flexibility index (Phi) is 7.84. The Hall–Kier alpha value is -2.87. The van der Waals surface area contributed by atoms with Crippen LogP contribution in [0.4, 0.5) is 0 Å². The molecule has 30 heavy (non-hydrogen) atoms. The van der Waals surface area contributed by atoms with Crippen molar-refractivity contribution in [3.05, 3.63) is 70.5 Å². The van der Waals surface area contributed by atoms with Gasteiger partial charge in [-0.2, -0.15) is 0 Å². The van der Waals surface area contributed by atoms with Gasteiger partial charge in [0.2, 0.25) is 5.56 Å². The van der Waals surface area contributed by atoms with Gasteiger partial charge in [0.1, 0.15) is 24.2 Å². The summed E-state index contributed by atoms with van der Waals surface area (Å²) >= 11 is 0. The van der Waals surface area contributed by atoms with E-state index in [1.54, 1.807) is 18.2 Å². The van der Waals surface area contributed by atoms with E-state index in [9.17, 15) is 15.0 Å². The summed E-state index contributed by atoms with van der Waals surface area (Å²) in [5.41, 5.74) is 1.63. The van der Waals surface area contributed by atoms with Gasteiger partial charge < -0.3 is 24.7 Å². The van der Waals surface area contributed by atoms with E-state index in [0.29, 0.717) is 32.0 Å². The number of nitrogens with zero attached hydrogens (tertiary/aromatic N) is 1. The third kappa shape index (κ3) is 6.32. The van der Waals surface area contributed by atoms with Crippen LogP contribution in [-0.4, -0.2) is 59.1 Å². The summed E-state index contributed by atoms with van der Waals surface area (Å²) in [6.07, 6.45) is -0.724. The van der Waals surface area contributed by atoms with Crippen LogP contribution >= 0.6 is 0 Å². The van der Waals surface area contributed by atoms with E-state index in [4.69, 9.17) is 9.47 Å². The molecule has 0 radical (unpaired) electrons. The summed E-state index contributed by atoms with van der Waals surface area (Å²) in [5, 5.41) is 20.7. The van der Waals surface area contributed by atoms with Gasteiger partial charge in [-0.25, -0.2) is 0 Å². The first-order valence-corrected chi connectivity index (χ1v) is 10.1. The molecule has 1 atom stereocenters. The van der Waals surface area contributed by atoms with Gasteiger partial charge in [-0.15, -0.1) is 0 Å². The van der Waals surface area contributed by atoms with Gasteiger partial charge in [0, 0.05) is 36.6 Å². The second-order valence-corrected chi connectivity index (χ2v) is 7.08. The highest BCUT2D eigenvalue weighted by atomic mass is 16.5. The molecule has 3 rings (SSSR count). The van der Waals surface area contributed by atoms with Crippen LogP contribution in [0.3, 0.4) is 0 Å². The number of nitrogens with one attached hydrogen (secondary N) is 1. The molecular weight excluding hydrogens is 384 g/mol. The SMILES string of the molecule is CCOc1cccc(CN(CCO)CC(O)COc2ccc3[nH]c(=O)ccc3c2)c1. The number of benzene rings is 2. The van der Waals surface area contributed by atoms with Gasteiger partial charge in [0.15, 0.2) is 0 Å². The third-order valence-corrected chi connectivity index (χ3v) is 4.64. The molecule has 160 valence electrons. The zero-order valence-corrected chi connectivity index (χ0v) is 17.1. The smallest absolute Gasteiger partial charge is 0.248 e. The maximum atomic E-state index is 11.4. The molecule has 1 unspecified atom stereocenters. The van der Waals surface area contributed by atoms with Crippen molar-refractivity contribution >= 4 is 10.9 Å². The fourth-order valence-corrected chi connectivity index (χ4v) is 3.30.